The Labute approximate surface area is 92.7 Å². The summed E-state index contributed by atoms with van der Waals surface area (Å²) in [5.41, 5.74) is 2.27. The third kappa shape index (κ3) is 1.84. The fourth-order valence-corrected chi connectivity index (χ4v) is 3.33. The van der Waals surface area contributed by atoms with Crippen molar-refractivity contribution in [1.29, 1.82) is 0 Å². The van der Waals surface area contributed by atoms with E-state index in [1.807, 2.05) is 27.7 Å². The molecule has 0 saturated heterocycles. The Morgan fingerprint density at radius 3 is 1.47 bits per heavy atom. The van der Waals surface area contributed by atoms with Gasteiger partial charge in [0.15, 0.2) is 0 Å². The van der Waals surface area contributed by atoms with Crippen LogP contribution in [0.4, 0.5) is 0 Å². The number of hydrogen-bond donors (Lipinski definition) is 0. The van der Waals surface area contributed by atoms with Crippen molar-refractivity contribution in [2.45, 2.75) is 39.8 Å². The normalized spacial score (nSPS) is 34.3. The van der Waals surface area contributed by atoms with E-state index in [0.717, 1.165) is 11.1 Å². The predicted molar refractivity (Wildman–Crippen MR) is 61.7 cm³/mol. The lowest BCUT2D eigenvalue weighted by atomic mass is 10.00. The maximum absolute atomic E-state index is 12.1. The van der Waals surface area contributed by atoms with Gasteiger partial charge in [0, 0.05) is 26.2 Å². The smallest absolute Gasteiger partial charge is 0.195 e. The fourth-order valence-electron chi connectivity index (χ4n) is 1.81. The summed E-state index contributed by atoms with van der Waals surface area (Å²) < 4.78 is 27.0. The van der Waals surface area contributed by atoms with Crippen LogP contribution >= 0.6 is 0 Å². The van der Waals surface area contributed by atoms with Crippen molar-refractivity contribution < 1.29 is 8.42 Å². The molecule has 0 bridgehead atoms. The SMILES string of the molecule is CC1=C(C)C(C)N(C)S(=O)(=O)N(C)C1C. The molecule has 1 rings (SSSR count). The van der Waals surface area contributed by atoms with E-state index in [0.29, 0.717) is 0 Å². The molecular weight excluding hydrogens is 212 g/mol. The zero-order chi connectivity index (χ0) is 12.0. The maximum Gasteiger partial charge on any atom is 0.282 e. The molecule has 15 heavy (non-hydrogen) atoms. The highest BCUT2D eigenvalue weighted by molar-refractivity contribution is 7.86. The van der Waals surface area contributed by atoms with Crippen molar-refractivity contribution in [3.63, 3.8) is 0 Å². The number of likely N-dealkylation sites (N-methyl/N-ethyl adjacent to an activating group) is 2. The minimum absolute atomic E-state index is 0.0672. The molecule has 0 fully saturated rings. The van der Waals surface area contributed by atoms with E-state index in [2.05, 4.69) is 0 Å². The van der Waals surface area contributed by atoms with Crippen molar-refractivity contribution >= 4 is 10.2 Å². The monoisotopic (exact) mass is 232 g/mol. The Kier molecular flexibility index (Phi) is 3.28. The zero-order valence-corrected chi connectivity index (χ0v) is 11.1. The summed E-state index contributed by atoms with van der Waals surface area (Å²) >= 11 is 0. The Morgan fingerprint density at radius 2 is 1.20 bits per heavy atom. The quantitative estimate of drug-likeness (QED) is 0.589. The highest BCUT2D eigenvalue weighted by Gasteiger charge is 2.36. The molecule has 2 atom stereocenters. The second kappa shape index (κ2) is 3.88. The Balaban J connectivity index is 3.35. The van der Waals surface area contributed by atoms with Crippen molar-refractivity contribution in [3.8, 4) is 0 Å². The summed E-state index contributed by atoms with van der Waals surface area (Å²) in [5.74, 6) is 0. The zero-order valence-electron chi connectivity index (χ0n) is 10.3. The first-order valence-corrected chi connectivity index (χ1v) is 6.49. The van der Waals surface area contributed by atoms with Crippen LogP contribution in [0.1, 0.15) is 27.7 Å². The molecular formula is C10H20N2O2S. The molecule has 5 heteroatoms. The lowest BCUT2D eigenvalue weighted by Gasteiger charge is -2.27. The van der Waals surface area contributed by atoms with Crippen molar-refractivity contribution in [1.82, 2.24) is 8.61 Å². The van der Waals surface area contributed by atoms with Gasteiger partial charge < -0.3 is 0 Å². The molecule has 0 aromatic carbocycles. The number of rotatable bonds is 0. The van der Waals surface area contributed by atoms with Gasteiger partial charge in [0.2, 0.25) is 0 Å². The molecule has 0 aromatic rings. The average Bonchev–Trinajstić information content (AvgIpc) is 2.23. The van der Waals surface area contributed by atoms with Gasteiger partial charge in [0.1, 0.15) is 0 Å². The number of nitrogens with zero attached hydrogens (tertiary/aromatic N) is 2. The van der Waals surface area contributed by atoms with Crippen LogP contribution in [-0.4, -0.2) is 43.2 Å². The van der Waals surface area contributed by atoms with Crippen LogP contribution in [0.15, 0.2) is 11.1 Å². The third-order valence-electron chi connectivity index (χ3n) is 3.69. The highest BCUT2D eigenvalue weighted by Crippen LogP contribution is 2.27. The predicted octanol–water partition coefficient (Wildman–Crippen LogP) is 1.22. The van der Waals surface area contributed by atoms with Gasteiger partial charge >= 0.3 is 0 Å². The molecule has 0 radical (unpaired) electrons. The molecule has 0 aromatic heterocycles. The van der Waals surface area contributed by atoms with Crippen LogP contribution < -0.4 is 0 Å². The molecule has 1 aliphatic rings. The summed E-state index contributed by atoms with van der Waals surface area (Å²) in [6.45, 7) is 7.84. The highest BCUT2D eigenvalue weighted by atomic mass is 32.2. The summed E-state index contributed by atoms with van der Waals surface area (Å²) in [5, 5.41) is 0. The van der Waals surface area contributed by atoms with Crippen LogP contribution in [-0.2, 0) is 10.2 Å². The first kappa shape index (κ1) is 12.7. The van der Waals surface area contributed by atoms with Crippen molar-refractivity contribution in [3.05, 3.63) is 11.1 Å². The molecule has 0 N–H and O–H groups in total. The van der Waals surface area contributed by atoms with E-state index in [1.165, 1.54) is 8.61 Å². The van der Waals surface area contributed by atoms with E-state index in [4.69, 9.17) is 0 Å². The number of hydrogen-bond acceptors (Lipinski definition) is 2. The third-order valence-corrected chi connectivity index (χ3v) is 5.78. The van der Waals surface area contributed by atoms with Gasteiger partial charge in [0.25, 0.3) is 10.2 Å². The summed E-state index contributed by atoms with van der Waals surface area (Å²) in [6.07, 6.45) is 0. The van der Waals surface area contributed by atoms with E-state index >= 15 is 0 Å². The van der Waals surface area contributed by atoms with Crippen LogP contribution in [0.25, 0.3) is 0 Å². The minimum atomic E-state index is -3.32. The van der Waals surface area contributed by atoms with Gasteiger partial charge in [-0.25, -0.2) is 0 Å². The van der Waals surface area contributed by atoms with Gasteiger partial charge in [-0.15, -0.1) is 0 Å². The summed E-state index contributed by atoms with van der Waals surface area (Å²) in [7, 11) is -0.0553. The first-order chi connectivity index (χ1) is 6.71. The lowest BCUT2D eigenvalue weighted by Crippen LogP contribution is -2.44. The topological polar surface area (TPSA) is 40.6 Å². The van der Waals surface area contributed by atoms with Crippen molar-refractivity contribution in [2.24, 2.45) is 0 Å². The first-order valence-electron chi connectivity index (χ1n) is 5.09. The molecule has 4 nitrogen and oxygen atoms in total. The Bertz CT molecular complexity index is 356. The van der Waals surface area contributed by atoms with E-state index < -0.39 is 10.2 Å². The Morgan fingerprint density at radius 1 is 0.933 bits per heavy atom. The van der Waals surface area contributed by atoms with Gasteiger partial charge in [-0.05, 0) is 27.7 Å². The summed E-state index contributed by atoms with van der Waals surface area (Å²) in [4.78, 5) is 0. The fraction of sp³-hybridized carbons (Fsp3) is 0.800. The molecule has 2 unspecified atom stereocenters. The van der Waals surface area contributed by atoms with Gasteiger partial charge in [0.05, 0.1) is 0 Å². The molecule has 0 amide bonds. The minimum Gasteiger partial charge on any atom is -0.195 e. The summed E-state index contributed by atoms with van der Waals surface area (Å²) in [6, 6.07) is -0.134. The van der Waals surface area contributed by atoms with E-state index in [-0.39, 0.29) is 12.1 Å². The Hall–Kier alpha value is -0.390. The largest absolute Gasteiger partial charge is 0.282 e. The second-order valence-corrected chi connectivity index (χ2v) is 6.31. The molecule has 0 saturated carbocycles. The van der Waals surface area contributed by atoms with Crippen LogP contribution in [0.5, 0.6) is 0 Å². The maximum atomic E-state index is 12.1. The molecule has 0 aliphatic carbocycles. The van der Waals surface area contributed by atoms with E-state index in [9.17, 15) is 8.42 Å². The molecule has 0 spiro atoms. The van der Waals surface area contributed by atoms with Crippen LogP contribution in [0.2, 0.25) is 0 Å². The molecule has 1 aliphatic heterocycles. The van der Waals surface area contributed by atoms with Gasteiger partial charge in [-0.2, -0.15) is 17.0 Å². The molecule has 88 valence electrons. The van der Waals surface area contributed by atoms with Gasteiger partial charge in [-0.3, -0.25) is 0 Å². The van der Waals surface area contributed by atoms with Crippen molar-refractivity contribution in [2.75, 3.05) is 14.1 Å². The second-order valence-electron chi connectivity index (χ2n) is 4.26. The molecule has 1 heterocycles. The van der Waals surface area contributed by atoms with Gasteiger partial charge in [-0.1, -0.05) is 11.1 Å². The standard InChI is InChI=1S/C10H20N2O2S/c1-7-8(2)10(4)12(6)15(13,14)11(5)9(7)3/h9-10H,1-6H3. The average molecular weight is 232 g/mol. The van der Waals surface area contributed by atoms with Crippen LogP contribution in [0.3, 0.4) is 0 Å². The lowest BCUT2D eigenvalue weighted by molar-refractivity contribution is 0.364. The van der Waals surface area contributed by atoms with Crippen LogP contribution in [0, 0.1) is 0 Å². The van der Waals surface area contributed by atoms with E-state index in [1.54, 1.807) is 14.1 Å².